The van der Waals surface area contributed by atoms with Gasteiger partial charge in [-0.05, 0) is 30.9 Å². The van der Waals surface area contributed by atoms with Crippen LogP contribution in [0, 0.1) is 5.41 Å². The number of hydrogen-bond donors (Lipinski definition) is 1. The van der Waals surface area contributed by atoms with Crippen LogP contribution < -0.4 is 4.90 Å². The van der Waals surface area contributed by atoms with E-state index >= 15 is 0 Å². The van der Waals surface area contributed by atoms with Gasteiger partial charge >= 0.3 is 0 Å². The smallest absolute Gasteiger partial charge is 0.0504 e. The molecule has 1 aliphatic carbocycles. The van der Waals surface area contributed by atoms with Crippen LogP contribution in [0.1, 0.15) is 18.4 Å². The van der Waals surface area contributed by atoms with Crippen molar-refractivity contribution in [2.24, 2.45) is 5.41 Å². The van der Waals surface area contributed by atoms with Crippen LogP contribution in [0.5, 0.6) is 0 Å². The highest BCUT2D eigenvalue weighted by Gasteiger charge is 2.44. The van der Waals surface area contributed by atoms with Crippen molar-refractivity contribution in [3.05, 3.63) is 29.8 Å². The number of hydrogen-bond acceptors (Lipinski definition) is 2. The van der Waals surface area contributed by atoms with Crippen LogP contribution in [0.3, 0.4) is 0 Å². The Morgan fingerprint density at radius 1 is 1.27 bits per heavy atom. The van der Waals surface area contributed by atoms with E-state index in [1.165, 1.54) is 24.1 Å². The summed E-state index contributed by atoms with van der Waals surface area (Å²) in [6.45, 7) is 2.52. The van der Waals surface area contributed by atoms with Crippen LogP contribution >= 0.6 is 0 Å². The van der Waals surface area contributed by atoms with E-state index in [1.807, 2.05) is 0 Å². The van der Waals surface area contributed by atoms with Gasteiger partial charge in [0.2, 0.25) is 0 Å². The summed E-state index contributed by atoms with van der Waals surface area (Å²) in [5, 5.41) is 9.34. The lowest BCUT2D eigenvalue weighted by atomic mass is 10.1. The lowest BCUT2D eigenvalue weighted by molar-refractivity contribution is 0.214. The molecule has 1 aromatic rings. The van der Waals surface area contributed by atoms with Gasteiger partial charge < -0.3 is 10.0 Å². The van der Waals surface area contributed by atoms with Crippen molar-refractivity contribution in [1.82, 2.24) is 0 Å². The molecule has 0 saturated heterocycles. The Kier molecular flexibility index (Phi) is 1.99. The van der Waals surface area contributed by atoms with E-state index in [0.29, 0.717) is 6.61 Å². The molecule has 1 aromatic carbocycles. The largest absolute Gasteiger partial charge is 0.396 e. The molecule has 0 bridgehead atoms. The molecule has 1 N–H and O–H groups in total. The number of fused-ring (bicyclic) bond motifs is 1. The molecule has 0 atom stereocenters. The fourth-order valence-electron chi connectivity index (χ4n) is 2.52. The summed E-state index contributed by atoms with van der Waals surface area (Å²) in [5.74, 6) is 0. The SMILES string of the molecule is OCC1(CN2CCc3ccccc32)CC1. The van der Waals surface area contributed by atoms with Crippen molar-refractivity contribution >= 4 is 5.69 Å². The minimum absolute atomic E-state index is 0.234. The fraction of sp³-hybridized carbons (Fsp3) is 0.538. The molecule has 1 saturated carbocycles. The molecule has 0 aromatic heterocycles. The summed E-state index contributed by atoms with van der Waals surface area (Å²) < 4.78 is 0. The van der Waals surface area contributed by atoms with Gasteiger partial charge in [0, 0.05) is 24.2 Å². The number of aliphatic hydroxyl groups excluding tert-OH is 1. The molecule has 3 rings (SSSR count). The number of rotatable bonds is 3. The highest BCUT2D eigenvalue weighted by atomic mass is 16.3. The fourth-order valence-corrected chi connectivity index (χ4v) is 2.52. The highest BCUT2D eigenvalue weighted by molar-refractivity contribution is 5.58. The second kappa shape index (κ2) is 3.24. The first-order chi connectivity index (χ1) is 7.33. The predicted molar refractivity (Wildman–Crippen MR) is 61.1 cm³/mol. The summed E-state index contributed by atoms with van der Waals surface area (Å²) in [5.41, 5.74) is 3.08. The van der Waals surface area contributed by atoms with Crippen LogP contribution in [-0.4, -0.2) is 24.8 Å². The van der Waals surface area contributed by atoms with Gasteiger partial charge in [0.05, 0.1) is 6.61 Å². The van der Waals surface area contributed by atoms with Gasteiger partial charge in [-0.2, -0.15) is 0 Å². The Morgan fingerprint density at radius 3 is 2.80 bits per heavy atom. The van der Waals surface area contributed by atoms with E-state index in [-0.39, 0.29) is 5.41 Å². The summed E-state index contributed by atoms with van der Waals surface area (Å²) in [4.78, 5) is 2.44. The molecule has 1 fully saturated rings. The second-order valence-corrected chi connectivity index (χ2v) is 4.96. The van der Waals surface area contributed by atoms with Crippen molar-refractivity contribution in [2.45, 2.75) is 19.3 Å². The summed E-state index contributed by atoms with van der Waals surface area (Å²) in [7, 11) is 0. The van der Waals surface area contributed by atoms with Gasteiger partial charge in [-0.1, -0.05) is 18.2 Å². The van der Waals surface area contributed by atoms with Crippen LogP contribution in [0.2, 0.25) is 0 Å². The predicted octanol–water partition coefficient (Wildman–Crippen LogP) is 1.82. The Balaban J connectivity index is 1.79. The van der Waals surface area contributed by atoms with Gasteiger partial charge in [-0.25, -0.2) is 0 Å². The van der Waals surface area contributed by atoms with Gasteiger partial charge in [0.1, 0.15) is 0 Å². The van der Waals surface area contributed by atoms with E-state index in [9.17, 15) is 5.11 Å². The third-order valence-corrected chi connectivity index (χ3v) is 3.80. The van der Waals surface area contributed by atoms with E-state index in [4.69, 9.17) is 0 Å². The zero-order valence-corrected chi connectivity index (χ0v) is 8.95. The van der Waals surface area contributed by atoms with Crippen molar-refractivity contribution in [2.75, 3.05) is 24.6 Å². The number of anilines is 1. The molecule has 2 heteroatoms. The molecule has 1 heterocycles. The highest BCUT2D eigenvalue weighted by Crippen LogP contribution is 2.47. The molecule has 0 spiro atoms. The Labute approximate surface area is 90.5 Å². The zero-order valence-electron chi connectivity index (χ0n) is 8.95. The van der Waals surface area contributed by atoms with E-state index in [2.05, 4.69) is 29.2 Å². The van der Waals surface area contributed by atoms with Crippen molar-refractivity contribution in [3.63, 3.8) is 0 Å². The number of nitrogens with zero attached hydrogens (tertiary/aromatic N) is 1. The zero-order chi connectivity index (χ0) is 10.3. The molecule has 80 valence electrons. The van der Waals surface area contributed by atoms with Gasteiger partial charge in [-0.15, -0.1) is 0 Å². The van der Waals surface area contributed by atoms with E-state index < -0.39 is 0 Å². The Bertz CT molecular complexity index is 371. The first kappa shape index (κ1) is 9.22. The average Bonchev–Trinajstić information content (AvgIpc) is 2.95. The average molecular weight is 203 g/mol. The van der Waals surface area contributed by atoms with Crippen molar-refractivity contribution in [1.29, 1.82) is 0 Å². The molecule has 15 heavy (non-hydrogen) atoms. The van der Waals surface area contributed by atoms with Crippen LogP contribution in [0.15, 0.2) is 24.3 Å². The third kappa shape index (κ3) is 1.53. The van der Waals surface area contributed by atoms with Gasteiger partial charge in [-0.3, -0.25) is 0 Å². The Hall–Kier alpha value is -1.02. The number of para-hydroxylation sites is 1. The number of benzene rings is 1. The van der Waals surface area contributed by atoms with Crippen LogP contribution in [0.25, 0.3) is 0 Å². The van der Waals surface area contributed by atoms with Gasteiger partial charge in [0.25, 0.3) is 0 Å². The molecule has 0 radical (unpaired) electrons. The van der Waals surface area contributed by atoms with E-state index in [0.717, 1.165) is 19.5 Å². The molecular weight excluding hydrogens is 186 g/mol. The summed E-state index contributed by atoms with van der Waals surface area (Å²) in [6.07, 6.45) is 3.56. The monoisotopic (exact) mass is 203 g/mol. The maximum atomic E-state index is 9.34. The molecule has 0 amide bonds. The third-order valence-electron chi connectivity index (χ3n) is 3.80. The normalized spacial score (nSPS) is 21.5. The molecule has 1 aliphatic heterocycles. The molecule has 0 unspecified atom stereocenters. The van der Waals surface area contributed by atoms with Gasteiger partial charge in [0.15, 0.2) is 0 Å². The molecular formula is C13H17NO. The van der Waals surface area contributed by atoms with Crippen LogP contribution in [-0.2, 0) is 6.42 Å². The molecule has 2 nitrogen and oxygen atoms in total. The summed E-state index contributed by atoms with van der Waals surface area (Å²) in [6, 6.07) is 8.64. The first-order valence-corrected chi connectivity index (χ1v) is 5.77. The van der Waals surface area contributed by atoms with E-state index in [1.54, 1.807) is 0 Å². The second-order valence-electron chi connectivity index (χ2n) is 4.96. The summed E-state index contributed by atoms with van der Waals surface area (Å²) >= 11 is 0. The maximum absolute atomic E-state index is 9.34. The van der Waals surface area contributed by atoms with Crippen molar-refractivity contribution in [3.8, 4) is 0 Å². The lowest BCUT2D eigenvalue weighted by Gasteiger charge is -2.24. The standard InChI is InChI=1S/C13H17NO/c15-10-13(6-7-13)9-14-8-5-11-3-1-2-4-12(11)14/h1-4,15H,5-10H2. The quantitative estimate of drug-likeness (QED) is 0.810. The maximum Gasteiger partial charge on any atom is 0.0504 e. The number of aliphatic hydroxyl groups is 1. The first-order valence-electron chi connectivity index (χ1n) is 5.77. The molecule has 2 aliphatic rings. The van der Waals surface area contributed by atoms with Crippen molar-refractivity contribution < 1.29 is 5.11 Å². The van der Waals surface area contributed by atoms with Crippen LogP contribution in [0.4, 0.5) is 5.69 Å². The minimum atomic E-state index is 0.234. The Morgan fingerprint density at radius 2 is 2.07 bits per heavy atom. The topological polar surface area (TPSA) is 23.5 Å². The lowest BCUT2D eigenvalue weighted by Crippen LogP contribution is -2.30. The minimum Gasteiger partial charge on any atom is -0.396 e.